The van der Waals surface area contributed by atoms with Crippen LogP contribution in [0.5, 0.6) is 5.75 Å². The lowest BCUT2D eigenvalue weighted by Gasteiger charge is -2.22. The predicted molar refractivity (Wildman–Crippen MR) is 118 cm³/mol. The zero-order valence-electron chi connectivity index (χ0n) is 19.2. The van der Waals surface area contributed by atoms with Gasteiger partial charge in [-0.1, -0.05) is 12.1 Å². The Morgan fingerprint density at radius 2 is 1.85 bits per heavy atom. The van der Waals surface area contributed by atoms with Crippen molar-refractivity contribution in [3.8, 4) is 5.75 Å². The molecule has 1 aromatic rings. The third-order valence-corrected chi connectivity index (χ3v) is 4.43. The number of piperidine rings is 1. The highest BCUT2D eigenvalue weighted by Gasteiger charge is 2.29. The summed E-state index contributed by atoms with van der Waals surface area (Å²) in [5, 5.41) is 9.64. The Balaban J connectivity index is 1.92. The molecule has 0 aliphatic carbocycles. The van der Waals surface area contributed by atoms with Crippen molar-refractivity contribution in [3.05, 3.63) is 29.3 Å². The van der Waals surface area contributed by atoms with Crippen LogP contribution in [0.4, 0.5) is 4.79 Å². The maximum Gasteiger partial charge on any atom is 0.407 e. The molecular formula is C22H28N4O8. The second-order valence-corrected chi connectivity index (χ2v) is 8.38. The molecule has 0 aromatic heterocycles. The van der Waals surface area contributed by atoms with E-state index in [0.717, 1.165) is 0 Å². The molecule has 12 heteroatoms. The summed E-state index contributed by atoms with van der Waals surface area (Å²) in [6.45, 7) is 4.95. The zero-order valence-corrected chi connectivity index (χ0v) is 19.2. The molecule has 1 unspecified atom stereocenters. The summed E-state index contributed by atoms with van der Waals surface area (Å²) in [5.41, 5.74) is -0.773. The zero-order chi connectivity index (χ0) is 25.3. The van der Waals surface area contributed by atoms with E-state index in [2.05, 4.69) is 21.3 Å². The first-order valence-electron chi connectivity index (χ1n) is 10.6. The smallest absolute Gasteiger partial charge is 0.407 e. The van der Waals surface area contributed by atoms with Gasteiger partial charge in [0.2, 0.25) is 11.8 Å². The Morgan fingerprint density at radius 3 is 2.50 bits per heavy atom. The number of ether oxygens (including phenoxy) is 2. The molecule has 1 heterocycles. The lowest BCUT2D eigenvalue weighted by Crippen LogP contribution is -2.52. The minimum absolute atomic E-state index is 0.00395. The molecule has 12 nitrogen and oxygen atoms in total. The molecule has 0 spiro atoms. The van der Waals surface area contributed by atoms with Gasteiger partial charge in [-0.15, -0.1) is 0 Å². The number of nitrogens with one attached hydrogen (secondary N) is 4. The second-order valence-electron chi connectivity index (χ2n) is 8.38. The fraction of sp³-hybridized carbons (Fsp3) is 0.455. The molecule has 1 aliphatic heterocycles. The van der Waals surface area contributed by atoms with Crippen molar-refractivity contribution < 1.29 is 38.2 Å². The van der Waals surface area contributed by atoms with Crippen LogP contribution in [0, 0.1) is 0 Å². The molecule has 34 heavy (non-hydrogen) atoms. The summed E-state index contributed by atoms with van der Waals surface area (Å²) >= 11 is 0. The number of rotatable bonds is 9. The SMILES string of the molecule is CC(C)(C)OC(=O)NCCNC(=O)COc1cccc(C=O)c1C(=O)NC1CCC(=O)NC1=O. The predicted octanol–water partition coefficient (Wildman–Crippen LogP) is 0.0538. The van der Waals surface area contributed by atoms with Crippen LogP contribution < -0.4 is 26.0 Å². The number of hydrogen-bond acceptors (Lipinski definition) is 8. The van der Waals surface area contributed by atoms with Gasteiger partial charge in [-0.25, -0.2) is 4.79 Å². The van der Waals surface area contributed by atoms with E-state index in [9.17, 15) is 28.8 Å². The molecule has 184 valence electrons. The van der Waals surface area contributed by atoms with Gasteiger partial charge in [0.25, 0.3) is 11.8 Å². The average Bonchev–Trinajstić information content (AvgIpc) is 2.75. The fourth-order valence-corrected chi connectivity index (χ4v) is 2.95. The summed E-state index contributed by atoms with van der Waals surface area (Å²) in [4.78, 5) is 71.1. The van der Waals surface area contributed by atoms with Crippen molar-refractivity contribution in [2.24, 2.45) is 0 Å². The molecule has 0 radical (unpaired) electrons. The topological polar surface area (TPSA) is 169 Å². The Hall–Kier alpha value is -3.96. The Bertz CT molecular complexity index is 970. The van der Waals surface area contributed by atoms with Crippen LogP contribution in [0.25, 0.3) is 0 Å². The standard InChI is InChI=1S/C22H28N4O8/c1-22(2,3)34-21(32)24-10-9-23-17(29)12-33-15-6-4-5-13(11-27)18(15)20(31)25-14-7-8-16(28)26-19(14)30/h4-6,11,14H,7-10,12H2,1-3H3,(H,23,29)(H,24,32)(H,25,31)(H,26,28,30). The van der Waals surface area contributed by atoms with Crippen LogP contribution in [0.3, 0.4) is 0 Å². The first-order chi connectivity index (χ1) is 16.0. The summed E-state index contributed by atoms with van der Waals surface area (Å²) in [5.74, 6) is -2.39. The Kier molecular flexibility index (Phi) is 9.10. The first kappa shape index (κ1) is 26.3. The average molecular weight is 476 g/mol. The molecule has 0 saturated carbocycles. The third-order valence-electron chi connectivity index (χ3n) is 4.43. The molecule has 2 rings (SSSR count). The maximum atomic E-state index is 12.8. The molecule has 0 bridgehead atoms. The monoisotopic (exact) mass is 476 g/mol. The van der Waals surface area contributed by atoms with E-state index in [4.69, 9.17) is 9.47 Å². The van der Waals surface area contributed by atoms with Crippen molar-refractivity contribution in [2.45, 2.75) is 45.3 Å². The number of benzene rings is 1. The largest absolute Gasteiger partial charge is 0.483 e. The van der Waals surface area contributed by atoms with Gasteiger partial charge < -0.3 is 25.4 Å². The molecule has 5 amide bonds. The van der Waals surface area contributed by atoms with E-state index >= 15 is 0 Å². The quantitative estimate of drug-likeness (QED) is 0.220. The lowest BCUT2D eigenvalue weighted by atomic mass is 10.0. The number of alkyl carbamates (subject to hydrolysis) is 1. The van der Waals surface area contributed by atoms with Crippen molar-refractivity contribution in [1.82, 2.24) is 21.3 Å². The van der Waals surface area contributed by atoms with Gasteiger partial charge in [0.1, 0.15) is 17.4 Å². The molecule has 4 N–H and O–H groups in total. The van der Waals surface area contributed by atoms with Gasteiger partial charge in [0, 0.05) is 25.1 Å². The van der Waals surface area contributed by atoms with Crippen LogP contribution in [0.2, 0.25) is 0 Å². The van der Waals surface area contributed by atoms with Gasteiger partial charge in [0.15, 0.2) is 12.9 Å². The van der Waals surface area contributed by atoms with Crippen molar-refractivity contribution in [3.63, 3.8) is 0 Å². The number of carbonyl (C=O) groups is 6. The van der Waals surface area contributed by atoms with Crippen molar-refractivity contribution >= 4 is 36.0 Å². The van der Waals surface area contributed by atoms with Gasteiger partial charge in [-0.05, 0) is 33.3 Å². The van der Waals surface area contributed by atoms with Gasteiger partial charge in [0.05, 0.1) is 5.56 Å². The molecule has 1 aromatic carbocycles. The number of aldehydes is 1. The van der Waals surface area contributed by atoms with E-state index in [-0.39, 0.29) is 42.8 Å². The normalized spacial score (nSPS) is 15.6. The number of imide groups is 1. The van der Waals surface area contributed by atoms with Crippen molar-refractivity contribution in [2.75, 3.05) is 19.7 Å². The summed E-state index contributed by atoms with van der Waals surface area (Å²) in [6, 6.07) is 3.33. The lowest BCUT2D eigenvalue weighted by molar-refractivity contribution is -0.134. The Labute approximate surface area is 196 Å². The highest BCUT2D eigenvalue weighted by molar-refractivity contribution is 6.07. The van der Waals surface area contributed by atoms with Crippen molar-refractivity contribution in [1.29, 1.82) is 0 Å². The highest BCUT2D eigenvalue weighted by atomic mass is 16.6. The van der Waals surface area contributed by atoms with Crippen LogP contribution in [-0.4, -0.2) is 67.3 Å². The molecule has 1 aliphatic rings. The van der Waals surface area contributed by atoms with Gasteiger partial charge >= 0.3 is 6.09 Å². The minimum atomic E-state index is -0.946. The number of carbonyl (C=O) groups excluding carboxylic acids is 6. The Morgan fingerprint density at radius 1 is 1.15 bits per heavy atom. The van der Waals surface area contributed by atoms with E-state index in [0.29, 0.717) is 6.29 Å². The van der Waals surface area contributed by atoms with Crippen LogP contribution >= 0.6 is 0 Å². The summed E-state index contributed by atoms with van der Waals surface area (Å²) < 4.78 is 10.5. The minimum Gasteiger partial charge on any atom is -0.483 e. The van der Waals surface area contributed by atoms with E-state index in [1.54, 1.807) is 20.8 Å². The van der Waals surface area contributed by atoms with Crippen LogP contribution in [-0.2, 0) is 19.1 Å². The number of amides is 5. The summed E-state index contributed by atoms with van der Waals surface area (Å²) in [6.07, 6.45) is 0.0260. The fourth-order valence-electron chi connectivity index (χ4n) is 2.95. The van der Waals surface area contributed by atoms with Gasteiger partial charge in [-0.2, -0.15) is 0 Å². The first-order valence-corrected chi connectivity index (χ1v) is 10.6. The number of hydrogen-bond donors (Lipinski definition) is 4. The molecule has 1 fully saturated rings. The van der Waals surface area contributed by atoms with E-state index in [1.807, 2.05) is 0 Å². The van der Waals surface area contributed by atoms with Gasteiger partial charge in [-0.3, -0.25) is 29.3 Å². The van der Waals surface area contributed by atoms with E-state index < -0.39 is 48.0 Å². The second kappa shape index (κ2) is 11.8. The molecule has 1 atom stereocenters. The molecule has 1 saturated heterocycles. The summed E-state index contributed by atoms with van der Waals surface area (Å²) in [7, 11) is 0. The third kappa shape index (κ3) is 8.19. The van der Waals surface area contributed by atoms with Crippen LogP contribution in [0.1, 0.15) is 54.3 Å². The molecular weight excluding hydrogens is 448 g/mol. The maximum absolute atomic E-state index is 12.8. The van der Waals surface area contributed by atoms with E-state index in [1.165, 1.54) is 18.2 Å². The van der Waals surface area contributed by atoms with Crippen LogP contribution in [0.15, 0.2) is 18.2 Å². The highest BCUT2D eigenvalue weighted by Crippen LogP contribution is 2.22.